The van der Waals surface area contributed by atoms with Crippen molar-refractivity contribution in [2.75, 3.05) is 14.1 Å². The molecule has 1 aliphatic rings. The zero-order valence-corrected chi connectivity index (χ0v) is 9.91. The molecule has 0 fully saturated rings. The molecule has 0 spiro atoms. The summed E-state index contributed by atoms with van der Waals surface area (Å²) < 4.78 is 5.47. The fourth-order valence-electron chi connectivity index (χ4n) is 1.51. The van der Waals surface area contributed by atoms with Gasteiger partial charge in [0, 0.05) is 25.9 Å². The molecule has 0 bridgehead atoms. The van der Waals surface area contributed by atoms with Crippen LogP contribution >= 0.6 is 0 Å². The number of ether oxygens (including phenoxy) is 1. The van der Waals surface area contributed by atoms with Crippen LogP contribution < -0.4 is 0 Å². The van der Waals surface area contributed by atoms with Crippen molar-refractivity contribution in [2.45, 2.75) is 32.8 Å². The number of carbonyl (C=O) groups is 1. The maximum absolute atomic E-state index is 11.9. The fourth-order valence-corrected chi connectivity index (χ4v) is 1.51. The van der Waals surface area contributed by atoms with Crippen molar-refractivity contribution in [3.05, 3.63) is 23.6 Å². The number of hydrogen-bond donors (Lipinski definition) is 0. The van der Waals surface area contributed by atoms with Crippen LogP contribution in [0.2, 0.25) is 0 Å². The number of allylic oxidation sites excluding steroid dienone is 2. The van der Waals surface area contributed by atoms with E-state index in [2.05, 4.69) is 0 Å². The number of carbonyl (C=O) groups excluding carboxylic acids is 1. The first-order valence-corrected chi connectivity index (χ1v) is 5.29. The Bertz CT molecular complexity index is 301. The molecule has 1 rings (SSSR count). The van der Waals surface area contributed by atoms with Crippen LogP contribution in [0.5, 0.6) is 0 Å². The van der Waals surface area contributed by atoms with Gasteiger partial charge in [0.15, 0.2) is 5.76 Å². The van der Waals surface area contributed by atoms with Crippen LogP contribution in [-0.4, -0.2) is 30.9 Å². The van der Waals surface area contributed by atoms with Gasteiger partial charge in [-0.1, -0.05) is 0 Å². The van der Waals surface area contributed by atoms with Crippen molar-refractivity contribution in [3.63, 3.8) is 0 Å². The number of hydrogen-bond acceptors (Lipinski definition) is 3. The molecule has 0 aromatic heterocycles. The molecule has 0 saturated heterocycles. The van der Waals surface area contributed by atoms with Gasteiger partial charge in [0.2, 0.25) is 5.78 Å². The summed E-state index contributed by atoms with van der Waals surface area (Å²) >= 11 is 0. The minimum Gasteiger partial charge on any atom is -0.487 e. The van der Waals surface area contributed by atoms with E-state index < -0.39 is 0 Å². The van der Waals surface area contributed by atoms with E-state index in [4.69, 9.17) is 4.74 Å². The minimum absolute atomic E-state index is 0.0312. The third-order valence-corrected chi connectivity index (χ3v) is 2.04. The van der Waals surface area contributed by atoms with Crippen molar-refractivity contribution < 1.29 is 9.53 Å². The van der Waals surface area contributed by atoms with Crippen LogP contribution in [0.4, 0.5) is 0 Å². The Labute approximate surface area is 91.4 Å². The number of ketones is 1. The van der Waals surface area contributed by atoms with Crippen LogP contribution in [0.15, 0.2) is 23.6 Å². The summed E-state index contributed by atoms with van der Waals surface area (Å²) in [5, 5.41) is 0. The van der Waals surface area contributed by atoms with Crippen molar-refractivity contribution in [1.29, 1.82) is 0 Å². The van der Waals surface area contributed by atoms with Crippen molar-refractivity contribution >= 4 is 5.78 Å². The number of nitrogens with zero attached hydrogens (tertiary/aromatic N) is 1. The predicted molar refractivity (Wildman–Crippen MR) is 60.3 cm³/mol. The zero-order valence-electron chi connectivity index (χ0n) is 9.91. The van der Waals surface area contributed by atoms with Gasteiger partial charge in [0.25, 0.3) is 0 Å². The zero-order chi connectivity index (χ0) is 11.4. The lowest BCUT2D eigenvalue weighted by Crippen LogP contribution is -2.18. The molecule has 3 nitrogen and oxygen atoms in total. The molecule has 0 saturated carbocycles. The molecule has 0 aromatic rings. The van der Waals surface area contributed by atoms with E-state index in [-0.39, 0.29) is 11.9 Å². The Kier molecular flexibility index (Phi) is 3.95. The second kappa shape index (κ2) is 5.01. The van der Waals surface area contributed by atoms with E-state index in [1.807, 2.05) is 45.1 Å². The summed E-state index contributed by atoms with van der Waals surface area (Å²) in [6, 6.07) is 0. The van der Waals surface area contributed by atoms with Gasteiger partial charge in [0.05, 0.1) is 6.10 Å². The molecule has 1 aliphatic carbocycles. The standard InChI is InChI=1S/C12H19NO2/c1-9(2)15-11-7-5-6-10(12(11)14)8-13(3)4/h7-9H,5-6H2,1-4H3/b10-8+. The molecule has 3 heteroatoms. The second-order valence-corrected chi connectivity index (χ2v) is 4.22. The van der Waals surface area contributed by atoms with E-state index in [1.165, 1.54) is 0 Å². The Hall–Kier alpha value is -1.25. The van der Waals surface area contributed by atoms with Crippen LogP contribution in [0, 0.1) is 0 Å². The third kappa shape index (κ3) is 3.42. The topological polar surface area (TPSA) is 29.5 Å². The molecule has 0 aliphatic heterocycles. The van der Waals surface area contributed by atoms with Gasteiger partial charge < -0.3 is 9.64 Å². The molecule has 0 atom stereocenters. The molecule has 84 valence electrons. The van der Waals surface area contributed by atoms with Gasteiger partial charge in [-0.25, -0.2) is 0 Å². The summed E-state index contributed by atoms with van der Waals surface area (Å²) in [7, 11) is 3.84. The van der Waals surface area contributed by atoms with Crippen molar-refractivity contribution in [2.24, 2.45) is 0 Å². The number of Topliss-reactive ketones (excluding diaryl/α,β-unsaturated/α-hetero) is 1. The van der Waals surface area contributed by atoms with Gasteiger partial charge >= 0.3 is 0 Å². The van der Waals surface area contributed by atoms with Crippen LogP contribution in [0.25, 0.3) is 0 Å². The Morgan fingerprint density at radius 2 is 2.13 bits per heavy atom. The van der Waals surface area contributed by atoms with Gasteiger partial charge in [-0.3, -0.25) is 4.79 Å². The fraction of sp³-hybridized carbons (Fsp3) is 0.583. The second-order valence-electron chi connectivity index (χ2n) is 4.22. The number of rotatable bonds is 3. The van der Waals surface area contributed by atoms with Crippen LogP contribution in [0.3, 0.4) is 0 Å². The van der Waals surface area contributed by atoms with E-state index in [0.29, 0.717) is 5.76 Å². The lowest BCUT2D eigenvalue weighted by molar-refractivity contribution is -0.116. The lowest BCUT2D eigenvalue weighted by Gasteiger charge is -2.19. The largest absolute Gasteiger partial charge is 0.487 e. The monoisotopic (exact) mass is 209 g/mol. The molecular weight excluding hydrogens is 190 g/mol. The highest BCUT2D eigenvalue weighted by atomic mass is 16.5. The van der Waals surface area contributed by atoms with Gasteiger partial charge in [-0.05, 0) is 32.8 Å². The Balaban J connectivity index is 2.78. The van der Waals surface area contributed by atoms with Crippen LogP contribution in [-0.2, 0) is 9.53 Å². The molecule has 0 unspecified atom stereocenters. The Morgan fingerprint density at radius 3 is 2.67 bits per heavy atom. The summed E-state index contributed by atoms with van der Waals surface area (Å²) in [6.45, 7) is 3.86. The van der Waals surface area contributed by atoms with Gasteiger partial charge in [-0.15, -0.1) is 0 Å². The predicted octanol–water partition coefficient (Wildman–Crippen LogP) is 2.10. The quantitative estimate of drug-likeness (QED) is 0.667. The first-order valence-electron chi connectivity index (χ1n) is 5.29. The third-order valence-electron chi connectivity index (χ3n) is 2.04. The van der Waals surface area contributed by atoms with E-state index in [9.17, 15) is 4.79 Å². The van der Waals surface area contributed by atoms with E-state index in [1.54, 1.807) is 0 Å². The summed E-state index contributed by atoms with van der Waals surface area (Å²) in [5.74, 6) is 0.535. The Morgan fingerprint density at radius 1 is 1.47 bits per heavy atom. The summed E-state index contributed by atoms with van der Waals surface area (Å²) in [6.07, 6.45) is 5.50. The van der Waals surface area contributed by atoms with Gasteiger partial charge in [-0.2, -0.15) is 0 Å². The average Bonchev–Trinajstić information content (AvgIpc) is 2.10. The summed E-state index contributed by atoms with van der Waals surface area (Å²) in [4.78, 5) is 13.8. The van der Waals surface area contributed by atoms with Crippen LogP contribution in [0.1, 0.15) is 26.7 Å². The summed E-state index contributed by atoms with van der Waals surface area (Å²) in [5.41, 5.74) is 0.832. The van der Waals surface area contributed by atoms with E-state index >= 15 is 0 Å². The molecule has 0 radical (unpaired) electrons. The molecule has 0 aromatic carbocycles. The maximum Gasteiger partial charge on any atom is 0.224 e. The molecule has 0 amide bonds. The van der Waals surface area contributed by atoms with Crippen molar-refractivity contribution in [1.82, 2.24) is 4.90 Å². The first-order chi connectivity index (χ1) is 7.00. The van der Waals surface area contributed by atoms with E-state index in [0.717, 1.165) is 18.4 Å². The maximum atomic E-state index is 11.9. The average molecular weight is 209 g/mol. The molecule has 0 N–H and O–H groups in total. The normalized spacial score (nSPS) is 19.4. The highest BCUT2D eigenvalue weighted by molar-refractivity contribution is 6.07. The smallest absolute Gasteiger partial charge is 0.224 e. The van der Waals surface area contributed by atoms with Crippen molar-refractivity contribution in [3.8, 4) is 0 Å². The highest BCUT2D eigenvalue weighted by Gasteiger charge is 2.21. The highest BCUT2D eigenvalue weighted by Crippen LogP contribution is 2.21. The van der Waals surface area contributed by atoms with Gasteiger partial charge in [0.1, 0.15) is 0 Å². The molecule has 15 heavy (non-hydrogen) atoms. The lowest BCUT2D eigenvalue weighted by atomic mass is 9.99. The SMILES string of the molecule is CC(C)OC1=CCC/C(=C\N(C)C)C1=O. The molecule has 0 heterocycles. The molecular formula is C12H19NO2. The minimum atomic E-state index is 0.0312. The first kappa shape index (κ1) is 11.8.